The predicted octanol–water partition coefficient (Wildman–Crippen LogP) is 3.13. The highest BCUT2D eigenvalue weighted by molar-refractivity contribution is 9.09. The third-order valence-electron chi connectivity index (χ3n) is 3.16. The molecule has 0 aromatic carbocycles. The van der Waals surface area contributed by atoms with Crippen molar-refractivity contribution in [1.29, 1.82) is 0 Å². The van der Waals surface area contributed by atoms with Crippen LogP contribution in [0.2, 0.25) is 0 Å². The number of hydrogen-bond acceptors (Lipinski definition) is 4. The molecule has 0 aliphatic carbocycles. The molecule has 2 heterocycles. The molecule has 1 fully saturated rings. The lowest BCUT2D eigenvalue weighted by molar-refractivity contribution is -0.128. The van der Waals surface area contributed by atoms with Crippen molar-refractivity contribution in [3.63, 3.8) is 0 Å². The van der Waals surface area contributed by atoms with Gasteiger partial charge in [-0.2, -0.15) is 0 Å². The topological polar surface area (TPSA) is 25.4 Å². The van der Waals surface area contributed by atoms with E-state index in [9.17, 15) is 0 Å². The second-order valence-corrected chi connectivity index (χ2v) is 7.51. The molecule has 0 spiro atoms. The molecule has 1 unspecified atom stereocenters. The Morgan fingerprint density at radius 1 is 1.50 bits per heavy atom. The lowest BCUT2D eigenvalue weighted by Crippen LogP contribution is -2.52. The first-order valence-electron chi connectivity index (χ1n) is 6.28. The van der Waals surface area contributed by atoms with Gasteiger partial charge in [-0.1, -0.05) is 15.9 Å². The minimum atomic E-state index is -0.0714. The summed E-state index contributed by atoms with van der Waals surface area (Å²) in [5.41, 5.74) is 1.09. The fraction of sp³-hybridized carbons (Fsp3) is 0.769. The van der Waals surface area contributed by atoms with Gasteiger partial charge in [0.2, 0.25) is 0 Å². The van der Waals surface area contributed by atoms with Gasteiger partial charge in [0.25, 0.3) is 0 Å². The summed E-state index contributed by atoms with van der Waals surface area (Å²) in [5.74, 6) is 0. The van der Waals surface area contributed by atoms with E-state index in [1.165, 1.54) is 15.6 Å². The van der Waals surface area contributed by atoms with E-state index >= 15 is 0 Å². The van der Waals surface area contributed by atoms with Crippen LogP contribution in [0.5, 0.6) is 0 Å². The zero-order chi connectivity index (χ0) is 13.3. The van der Waals surface area contributed by atoms with Gasteiger partial charge in [0.15, 0.2) is 0 Å². The Bertz CT molecular complexity index is 400. The lowest BCUT2D eigenvalue weighted by Gasteiger charge is -2.42. The van der Waals surface area contributed by atoms with Gasteiger partial charge in [-0.15, -0.1) is 11.3 Å². The van der Waals surface area contributed by atoms with Crippen LogP contribution in [-0.2, 0) is 11.3 Å². The minimum absolute atomic E-state index is 0.0714. The normalized spacial score (nSPS) is 24.4. The molecule has 18 heavy (non-hydrogen) atoms. The number of morpholine rings is 1. The fourth-order valence-corrected chi connectivity index (χ4v) is 3.73. The quantitative estimate of drug-likeness (QED) is 0.795. The van der Waals surface area contributed by atoms with E-state index in [2.05, 4.69) is 53.5 Å². The van der Waals surface area contributed by atoms with Gasteiger partial charge in [0, 0.05) is 23.3 Å². The van der Waals surface area contributed by atoms with Crippen LogP contribution >= 0.6 is 27.3 Å². The average Bonchev–Trinajstić information content (AvgIpc) is 2.55. The molecule has 3 nitrogen and oxygen atoms in total. The Labute approximate surface area is 122 Å². The molecule has 0 bridgehead atoms. The highest BCUT2D eigenvalue weighted by Crippen LogP contribution is 2.25. The molecule has 102 valence electrons. The number of aryl methyl sites for hydroxylation is 2. The Balaban J connectivity index is 2.04. The first-order valence-corrected chi connectivity index (χ1v) is 8.22. The van der Waals surface area contributed by atoms with E-state index in [0.717, 1.165) is 25.0 Å². The molecular formula is C13H21BrN2OS. The van der Waals surface area contributed by atoms with Gasteiger partial charge in [0.05, 0.1) is 23.9 Å². The number of halogens is 1. The van der Waals surface area contributed by atoms with E-state index in [4.69, 9.17) is 4.74 Å². The monoisotopic (exact) mass is 332 g/mol. The molecule has 1 aromatic heterocycles. The zero-order valence-electron chi connectivity index (χ0n) is 11.5. The van der Waals surface area contributed by atoms with Crippen molar-refractivity contribution in [3.05, 3.63) is 15.6 Å². The maximum absolute atomic E-state index is 6.01. The molecule has 0 N–H and O–H groups in total. The van der Waals surface area contributed by atoms with Crippen LogP contribution in [-0.4, -0.2) is 40.0 Å². The van der Waals surface area contributed by atoms with Crippen molar-refractivity contribution in [3.8, 4) is 0 Å². The van der Waals surface area contributed by atoms with Crippen molar-refractivity contribution in [2.24, 2.45) is 0 Å². The number of alkyl halides is 1. The van der Waals surface area contributed by atoms with E-state index in [1.54, 1.807) is 0 Å². The summed E-state index contributed by atoms with van der Waals surface area (Å²) in [6.07, 6.45) is 0.274. The molecule has 0 saturated carbocycles. The largest absolute Gasteiger partial charge is 0.369 e. The molecule has 1 atom stereocenters. The maximum atomic E-state index is 6.01. The van der Waals surface area contributed by atoms with Gasteiger partial charge < -0.3 is 4.74 Å². The molecule has 1 aromatic rings. The molecular weight excluding hydrogens is 312 g/mol. The third kappa shape index (κ3) is 3.53. The van der Waals surface area contributed by atoms with Crippen LogP contribution in [0.15, 0.2) is 0 Å². The molecule has 5 heteroatoms. The highest BCUT2D eigenvalue weighted by atomic mass is 79.9. The predicted molar refractivity (Wildman–Crippen MR) is 79.6 cm³/mol. The van der Waals surface area contributed by atoms with E-state index in [1.807, 2.05) is 11.3 Å². The Kier molecular flexibility index (Phi) is 4.47. The van der Waals surface area contributed by atoms with Crippen molar-refractivity contribution in [2.45, 2.75) is 45.9 Å². The smallest absolute Gasteiger partial charge is 0.107 e. The molecule has 0 amide bonds. The number of thiazole rings is 1. The summed E-state index contributed by atoms with van der Waals surface area (Å²) in [6.45, 7) is 11.4. The third-order valence-corrected chi connectivity index (χ3v) is 4.94. The van der Waals surface area contributed by atoms with Crippen molar-refractivity contribution in [2.75, 3.05) is 18.4 Å². The maximum Gasteiger partial charge on any atom is 0.107 e. The average molecular weight is 333 g/mol. The summed E-state index contributed by atoms with van der Waals surface area (Å²) in [6, 6.07) is 0. The first kappa shape index (κ1) is 14.4. The number of aromatic nitrogens is 1. The van der Waals surface area contributed by atoms with Gasteiger partial charge >= 0.3 is 0 Å². The van der Waals surface area contributed by atoms with Gasteiger partial charge in [-0.3, -0.25) is 4.90 Å². The molecule has 1 aliphatic heterocycles. The van der Waals surface area contributed by atoms with Crippen molar-refractivity contribution in [1.82, 2.24) is 9.88 Å². The van der Waals surface area contributed by atoms with Crippen LogP contribution in [0.1, 0.15) is 29.4 Å². The summed E-state index contributed by atoms with van der Waals surface area (Å²) >= 11 is 5.34. The summed E-state index contributed by atoms with van der Waals surface area (Å²) in [5, 5.41) is 2.11. The zero-order valence-corrected chi connectivity index (χ0v) is 13.9. The molecule has 2 rings (SSSR count). The van der Waals surface area contributed by atoms with E-state index < -0.39 is 0 Å². The van der Waals surface area contributed by atoms with Crippen molar-refractivity contribution >= 4 is 27.3 Å². The molecule has 1 saturated heterocycles. The Hall–Kier alpha value is 0.0300. The SMILES string of the molecule is Cc1nc(CN2CC(CBr)OC(C)(C)C2)sc1C. The number of hydrogen-bond donors (Lipinski definition) is 0. The van der Waals surface area contributed by atoms with Gasteiger partial charge in [0.1, 0.15) is 5.01 Å². The summed E-state index contributed by atoms with van der Waals surface area (Å²) in [4.78, 5) is 8.41. The Morgan fingerprint density at radius 2 is 2.22 bits per heavy atom. The second-order valence-electron chi connectivity index (χ2n) is 5.57. The summed E-state index contributed by atoms with van der Waals surface area (Å²) < 4.78 is 6.01. The van der Waals surface area contributed by atoms with Crippen LogP contribution < -0.4 is 0 Å². The highest BCUT2D eigenvalue weighted by Gasteiger charge is 2.33. The van der Waals surface area contributed by atoms with Gasteiger partial charge in [-0.25, -0.2) is 4.98 Å². The van der Waals surface area contributed by atoms with E-state index in [-0.39, 0.29) is 11.7 Å². The molecule has 1 aliphatic rings. The fourth-order valence-electron chi connectivity index (χ4n) is 2.42. The minimum Gasteiger partial charge on any atom is -0.369 e. The van der Waals surface area contributed by atoms with Crippen LogP contribution in [0, 0.1) is 13.8 Å². The number of rotatable bonds is 3. The number of ether oxygens (including phenoxy) is 1. The van der Waals surface area contributed by atoms with Crippen LogP contribution in [0.4, 0.5) is 0 Å². The Morgan fingerprint density at radius 3 is 2.78 bits per heavy atom. The molecule has 0 radical (unpaired) electrons. The number of nitrogens with zero attached hydrogens (tertiary/aromatic N) is 2. The summed E-state index contributed by atoms with van der Waals surface area (Å²) in [7, 11) is 0. The standard InChI is InChI=1S/C13H21BrN2OS/c1-9-10(2)18-12(15-9)7-16-6-11(5-14)17-13(3,4)8-16/h11H,5-8H2,1-4H3. The van der Waals surface area contributed by atoms with Crippen LogP contribution in [0.3, 0.4) is 0 Å². The van der Waals surface area contributed by atoms with Crippen LogP contribution in [0.25, 0.3) is 0 Å². The van der Waals surface area contributed by atoms with E-state index in [0.29, 0.717) is 0 Å². The first-order chi connectivity index (χ1) is 8.39. The lowest BCUT2D eigenvalue weighted by atomic mass is 10.1. The van der Waals surface area contributed by atoms with Gasteiger partial charge in [-0.05, 0) is 27.7 Å². The second kappa shape index (κ2) is 5.57. The van der Waals surface area contributed by atoms with Crippen molar-refractivity contribution < 1.29 is 4.74 Å².